The molecule has 0 aliphatic heterocycles. The summed E-state index contributed by atoms with van der Waals surface area (Å²) in [6.45, 7) is 1.58. The van der Waals surface area contributed by atoms with Crippen LogP contribution in [0.3, 0.4) is 0 Å². The zero-order chi connectivity index (χ0) is 26.4. The highest BCUT2D eigenvalue weighted by Crippen LogP contribution is 2.30. The number of pyridine rings is 1. The zero-order valence-electron chi connectivity index (χ0n) is 19.7. The second-order valence-electron chi connectivity index (χ2n) is 7.27. The lowest BCUT2D eigenvalue weighted by Crippen LogP contribution is -2.25. The van der Waals surface area contributed by atoms with Gasteiger partial charge in [0, 0.05) is 19.3 Å². The molecule has 11 heteroatoms. The van der Waals surface area contributed by atoms with Gasteiger partial charge in [-0.2, -0.15) is 4.39 Å². The summed E-state index contributed by atoms with van der Waals surface area (Å²) in [5.41, 5.74) is 4.17. The molecule has 0 unspecified atom stereocenters. The lowest BCUT2D eigenvalue weighted by molar-refractivity contribution is 0.102. The topological polar surface area (TPSA) is 121 Å². The summed E-state index contributed by atoms with van der Waals surface area (Å²) in [5.74, 6) is -3.99. The van der Waals surface area contributed by atoms with E-state index in [2.05, 4.69) is 16.0 Å². The van der Waals surface area contributed by atoms with Gasteiger partial charge in [-0.05, 0) is 44.3 Å². The van der Waals surface area contributed by atoms with E-state index in [0.29, 0.717) is 17.7 Å². The molecule has 36 heavy (non-hydrogen) atoms. The molecule has 3 N–H and O–H groups in total. The van der Waals surface area contributed by atoms with Crippen LogP contribution in [0.15, 0.2) is 65.6 Å². The number of amides is 1. The van der Waals surface area contributed by atoms with E-state index in [1.165, 1.54) is 34.7 Å². The Balaban J connectivity index is 0.00000176. The predicted molar refractivity (Wildman–Crippen MR) is 130 cm³/mol. The van der Waals surface area contributed by atoms with E-state index in [1.54, 1.807) is 44.3 Å². The molecule has 0 bridgehead atoms. The average molecular weight is 495 g/mol. The normalized spacial score (nSPS) is 10.3. The van der Waals surface area contributed by atoms with Gasteiger partial charge in [-0.15, -0.1) is 0 Å². The van der Waals surface area contributed by atoms with E-state index in [4.69, 9.17) is 4.74 Å². The van der Waals surface area contributed by atoms with Crippen molar-refractivity contribution in [1.82, 2.24) is 14.3 Å². The number of hydrogen-bond donors (Lipinski definition) is 2. The molecule has 9 nitrogen and oxygen atoms in total. The number of nitrogens with two attached hydrogens (primary N) is 1. The molecule has 0 aliphatic rings. The molecule has 0 atom stereocenters. The van der Waals surface area contributed by atoms with Crippen LogP contribution in [0, 0.1) is 18.6 Å². The number of rotatable bonds is 6. The van der Waals surface area contributed by atoms with Crippen LogP contribution in [0.4, 0.5) is 14.5 Å². The van der Waals surface area contributed by atoms with Crippen LogP contribution in [0.5, 0.6) is 11.5 Å². The summed E-state index contributed by atoms with van der Waals surface area (Å²) < 4.78 is 37.4. The number of aromatic nitrogens is 3. The third-order valence-electron chi connectivity index (χ3n) is 5.18. The first kappa shape index (κ1) is 26.0. The maximum atomic E-state index is 14.7. The fourth-order valence-corrected chi connectivity index (χ4v) is 3.40. The van der Waals surface area contributed by atoms with Gasteiger partial charge in [-0.1, -0.05) is 18.2 Å². The Morgan fingerprint density at radius 1 is 1.08 bits per heavy atom. The van der Waals surface area contributed by atoms with Crippen molar-refractivity contribution in [2.24, 2.45) is 12.8 Å². The first-order valence-corrected chi connectivity index (χ1v) is 10.6. The number of para-hydroxylation sites is 1. The molecule has 0 spiro atoms. The van der Waals surface area contributed by atoms with Crippen LogP contribution < -0.4 is 21.3 Å². The summed E-state index contributed by atoms with van der Waals surface area (Å²) >= 11 is 0. The average Bonchev–Trinajstić information content (AvgIpc) is 3.13. The molecule has 0 saturated carbocycles. The van der Waals surface area contributed by atoms with Gasteiger partial charge in [0.15, 0.2) is 17.9 Å². The Bertz CT molecular complexity index is 1470. The minimum Gasteiger partial charge on any atom is -0.454 e. The van der Waals surface area contributed by atoms with E-state index in [1.807, 2.05) is 0 Å². The lowest BCUT2D eigenvalue weighted by atomic mass is 10.2. The van der Waals surface area contributed by atoms with E-state index in [0.717, 1.165) is 12.1 Å². The Morgan fingerprint density at radius 3 is 2.44 bits per heavy atom. The fraction of sp³-hybridized carbons (Fsp3) is 0.120. The highest BCUT2D eigenvalue weighted by molar-refractivity contribution is 6.05. The number of ether oxygens (including phenoxy) is 1. The zero-order valence-corrected chi connectivity index (χ0v) is 19.7. The monoisotopic (exact) mass is 495 g/mol. The molecule has 0 fully saturated rings. The second-order valence-corrected chi connectivity index (χ2v) is 7.27. The molecule has 2 aromatic heterocycles. The third-order valence-corrected chi connectivity index (χ3v) is 5.18. The molecular weight excluding hydrogens is 472 g/mol. The van der Waals surface area contributed by atoms with E-state index >= 15 is 0 Å². The molecule has 186 valence electrons. The Hall–Kier alpha value is -4.64. The molecule has 4 aromatic rings. The van der Waals surface area contributed by atoms with E-state index in [-0.39, 0.29) is 17.0 Å². The summed E-state index contributed by atoms with van der Waals surface area (Å²) in [6.07, 6.45) is 1.77. The summed E-state index contributed by atoms with van der Waals surface area (Å²) in [5, 5.41) is 2.26. The van der Waals surface area contributed by atoms with Crippen LogP contribution in [-0.2, 0) is 7.05 Å². The van der Waals surface area contributed by atoms with Crippen molar-refractivity contribution in [3.63, 3.8) is 0 Å². The van der Waals surface area contributed by atoms with Crippen molar-refractivity contribution in [2.45, 2.75) is 6.92 Å². The van der Waals surface area contributed by atoms with E-state index in [9.17, 15) is 23.2 Å². The fourth-order valence-electron chi connectivity index (χ4n) is 3.40. The number of hydrogen-bond acceptors (Lipinski definition) is 6. The number of nitrogens with one attached hydrogen (secondary N) is 1. The first-order valence-electron chi connectivity index (χ1n) is 10.6. The van der Waals surface area contributed by atoms with Crippen LogP contribution in [0.25, 0.3) is 5.69 Å². The maximum Gasteiger partial charge on any atom is 0.284 e. The predicted octanol–water partition coefficient (Wildman–Crippen LogP) is 3.59. The van der Waals surface area contributed by atoms with Crippen molar-refractivity contribution >= 4 is 17.9 Å². The molecule has 0 saturated heterocycles. The Labute approximate surface area is 204 Å². The van der Waals surface area contributed by atoms with Crippen molar-refractivity contribution in [1.29, 1.82) is 0 Å². The number of anilines is 1. The van der Waals surface area contributed by atoms with Crippen molar-refractivity contribution in [2.75, 3.05) is 12.4 Å². The van der Waals surface area contributed by atoms with Gasteiger partial charge < -0.3 is 15.8 Å². The second kappa shape index (κ2) is 11.2. The number of nitrogens with zero attached hydrogens (tertiary/aromatic N) is 3. The number of aldehydes is 1. The standard InChI is InChI=1S/C24H18F2N4O4.CH5N/c1-14-20(24(33)30(29(14)2)16-6-4-3-5-7-16)23(32)28-18-8-9-19(22(26)21(18)25)34-17-10-11-27-15(12-17)13-31;1-2/h3-13H,1-2H3,(H,28,32);2H2,1H3. The molecule has 2 heterocycles. The molecular formula is C25H23F2N5O4. The SMILES string of the molecule is CN.Cc1c(C(=O)Nc2ccc(Oc3ccnc(C=O)c3)c(F)c2F)c(=O)n(-c2ccccc2)n1C. The van der Waals surface area contributed by atoms with Crippen molar-refractivity contribution < 1.29 is 23.1 Å². The van der Waals surface area contributed by atoms with Gasteiger partial charge in [-0.3, -0.25) is 24.0 Å². The molecule has 2 aromatic carbocycles. The Morgan fingerprint density at radius 2 is 1.78 bits per heavy atom. The summed E-state index contributed by atoms with van der Waals surface area (Å²) in [4.78, 5) is 40.4. The summed E-state index contributed by atoms with van der Waals surface area (Å²) in [7, 11) is 3.11. The number of carbonyl (C=O) groups excluding carboxylic acids is 2. The van der Waals surface area contributed by atoms with Gasteiger partial charge in [0.1, 0.15) is 17.0 Å². The summed E-state index contributed by atoms with van der Waals surface area (Å²) in [6, 6.07) is 13.6. The Kier molecular flexibility index (Phi) is 8.07. The molecule has 0 radical (unpaired) electrons. The molecule has 0 aliphatic carbocycles. The first-order chi connectivity index (χ1) is 17.3. The third kappa shape index (κ3) is 5.05. The van der Waals surface area contributed by atoms with Crippen molar-refractivity contribution in [3.8, 4) is 17.2 Å². The van der Waals surface area contributed by atoms with Gasteiger partial charge in [0.2, 0.25) is 5.82 Å². The van der Waals surface area contributed by atoms with Crippen LogP contribution in [-0.4, -0.2) is 33.6 Å². The van der Waals surface area contributed by atoms with E-state index < -0.39 is 34.5 Å². The number of halogens is 2. The highest BCUT2D eigenvalue weighted by atomic mass is 19.2. The van der Waals surface area contributed by atoms with Gasteiger partial charge >= 0.3 is 0 Å². The molecule has 1 amide bonds. The quantitative estimate of drug-likeness (QED) is 0.395. The smallest absolute Gasteiger partial charge is 0.284 e. The van der Waals surface area contributed by atoms with Crippen LogP contribution in [0.2, 0.25) is 0 Å². The maximum absolute atomic E-state index is 14.7. The van der Waals surface area contributed by atoms with Crippen LogP contribution in [0.1, 0.15) is 26.5 Å². The largest absolute Gasteiger partial charge is 0.454 e. The molecule has 4 rings (SSSR count). The van der Waals surface area contributed by atoms with Gasteiger partial charge in [0.05, 0.1) is 17.1 Å². The van der Waals surface area contributed by atoms with Crippen LogP contribution >= 0.6 is 0 Å². The van der Waals surface area contributed by atoms with Gasteiger partial charge in [0.25, 0.3) is 11.5 Å². The minimum atomic E-state index is -1.37. The minimum absolute atomic E-state index is 0.0571. The lowest BCUT2D eigenvalue weighted by Gasteiger charge is -2.11. The number of carbonyl (C=O) groups is 2. The van der Waals surface area contributed by atoms with Crippen molar-refractivity contribution in [3.05, 3.63) is 99.7 Å². The highest BCUT2D eigenvalue weighted by Gasteiger charge is 2.24. The van der Waals surface area contributed by atoms with Gasteiger partial charge in [-0.25, -0.2) is 9.07 Å². The number of benzene rings is 2.